The molecule has 5 nitrogen and oxygen atoms in total. The smallest absolute Gasteiger partial charge is 0.188 e. The number of aliphatic hydroxyl groups excluding tert-OH is 2. The molecule has 1 aliphatic heterocycles. The summed E-state index contributed by atoms with van der Waals surface area (Å²) in [6, 6.07) is 0. The minimum atomic E-state index is -1.67. The van der Waals surface area contributed by atoms with Gasteiger partial charge in [0.15, 0.2) is 11.6 Å². The van der Waals surface area contributed by atoms with Gasteiger partial charge in [-0.25, -0.2) is 0 Å². The van der Waals surface area contributed by atoms with Gasteiger partial charge >= 0.3 is 0 Å². The lowest BCUT2D eigenvalue weighted by atomic mass is 9.37. The van der Waals surface area contributed by atoms with Crippen LogP contribution in [0.2, 0.25) is 0 Å². The van der Waals surface area contributed by atoms with Gasteiger partial charge in [0.1, 0.15) is 5.41 Å². The third-order valence-corrected chi connectivity index (χ3v) is 8.90. The molecule has 0 unspecified atom stereocenters. The molecule has 5 bridgehead atoms. The summed E-state index contributed by atoms with van der Waals surface area (Å²) in [4.78, 5) is 13.3. The number of hydrogen-bond donors (Lipinski definition) is 3. The summed E-state index contributed by atoms with van der Waals surface area (Å²) in [6.07, 6.45) is 1.82. The van der Waals surface area contributed by atoms with E-state index in [2.05, 4.69) is 20.4 Å². The second kappa shape index (κ2) is 4.38. The first-order chi connectivity index (χ1) is 11.6. The largest absolute Gasteiger partial charge is 0.392 e. The highest BCUT2D eigenvalue weighted by Crippen LogP contribution is 2.76. The van der Waals surface area contributed by atoms with Crippen molar-refractivity contribution >= 4 is 5.78 Å². The summed E-state index contributed by atoms with van der Waals surface area (Å²) < 4.78 is 6.07. The average Bonchev–Trinajstić information content (AvgIpc) is 2.64. The molecule has 0 aromatic carbocycles. The molecule has 2 spiro atoms. The Morgan fingerprint density at radius 2 is 1.84 bits per heavy atom. The van der Waals surface area contributed by atoms with Crippen molar-refractivity contribution in [2.24, 2.45) is 34.0 Å². The highest BCUT2D eigenvalue weighted by atomic mass is 16.6. The lowest BCUT2D eigenvalue weighted by molar-refractivity contribution is -0.412. The van der Waals surface area contributed by atoms with E-state index in [0.29, 0.717) is 24.8 Å². The normalized spacial score (nSPS) is 58.8. The van der Waals surface area contributed by atoms with Crippen molar-refractivity contribution in [3.63, 3.8) is 0 Å². The van der Waals surface area contributed by atoms with E-state index in [0.717, 1.165) is 12.8 Å². The van der Waals surface area contributed by atoms with Crippen molar-refractivity contribution in [2.75, 3.05) is 6.61 Å². The van der Waals surface area contributed by atoms with Crippen LogP contribution in [0.25, 0.3) is 0 Å². The highest BCUT2D eigenvalue weighted by molar-refractivity contribution is 6.05. The van der Waals surface area contributed by atoms with Crippen LogP contribution < -0.4 is 0 Å². The Hall–Kier alpha value is -0.750. The first kappa shape index (κ1) is 16.4. The highest BCUT2D eigenvalue weighted by Gasteiger charge is 2.84. The minimum absolute atomic E-state index is 0.0455. The molecule has 5 rings (SSSR count). The van der Waals surface area contributed by atoms with Gasteiger partial charge in [0, 0.05) is 11.3 Å². The van der Waals surface area contributed by atoms with Crippen LogP contribution in [-0.4, -0.2) is 45.7 Å². The van der Waals surface area contributed by atoms with Crippen LogP contribution in [0.1, 0.15) is 46.0 Å². The number of ketones is 1. The topological polar surface area (TPSA) is 87.0 Å². The van der Waals surface area contributed by atoms with Crippen molar-refractivity contribution in [2.45, 2.75) is 63.9 Å². The zero-order valence-electron chi connectivity index (χ0n) is 15.0. The fourth-order valence-corrected chi connectivity index (χ4v) is 7.85. The van der Waals surface area contributed by atoms with Gasteiger partial charge in [0.05, 0.1) is 18.8 Å². The van der Waals surface area contributed by atoms with Gasteiger partial charge in [-0.2, -0.15) is 0 Å². The average molecular weight is 348 g/mol. The number of ether oxygens (including phenoxy) is 1. The molecule has 8 atom stereocenters. The Morgan fingerprint density at radius 1 is 1.12 bits per heavy atom. The zero-order chi connectivity index (χ0) is 18.0. The summed E-state index contributed by atoms with van der Waals surface area (Å²) in [5, 5.41) is 33.8. The number of rotatable bonds is 0. The molecule has 1 saturated heterocycles. The van der Waals surface area contributed by atoms with Gasteiger partial charge in [-0.15, -0.1) is 0 Å². The van der Waals surface area contributed by atoms with E-state index in [9.17, 15) is 20.1 Å². The van der Waals surface area contributed by atoms with Crippen molar-refractivity contribution < 1.29 is 24.9 Å². The number of carbonyl (C=O) groups excluding carboxylic acids is 1. The molecular weight excluding hydrogens is 320 g/mol. The van der Waals surface area contributed by atoms with E-state index in [1.165, 1.54) is 0 Å². The van der Waals surface area contributed by atoms with E-state index < -0.39 is 34.7 Å². The Morgan fingerprint density at radius 3 is 2.56 bits per heavy atom. The Bertz CT molecular complexity index is 686. The van der Waals surface area contributed by atoms with Crippen molar-refractivity contribution in [3.05, 3.63) is 12.2 Å². The third-order valence-electron chi connectivity index (χ3n) is 8.90. The monoisotopic (exact) mass is 348 g/mol. The molecule has 0 radical (unpaired) electrons. The SMILES string of the molecule is C=C1C(=O)[C@]23[C@H](O)C[C@@H]4C(C)(C)CC[C@H](O)[C@]45CO[C@]2(O)[C@H]1CC[C@@H]53. The van der Waals surface area contributed by atoms with Crippen LogP contribution in [0.3, 0.4) is 0 Å². The maximum absolute atomic E-state index is 13.3. The molecule has 0 aromatic rings. The predicted molar refractivity (Wildman–Crippen MR) is 89.3 cm³/mol. The predicted octanol–water partition coefficient (Wildman–Crippen LogP) is 1.40. The van der Waals surface area contributed by atoms with Crippen LogP contribution in [0.15, 0.2) is 12.2 Å². The van der Waals surface area contributed by atoms with E-state index >= 15 is 0 Å². The van der Waals surface area contributed by atoms with E-state index in [1.54, 1.807) is 0 Å². The van der Waals surface area contributed by atoms with Crippen LogP contribution >= 0.6 is 0 Å². The Labute approximate surface area is 148 Å². The number of carbonyl (C=O) groups is 1. The fourth-order valence-electron chi connectivity index (χ4n) is 7.85. The van der Waals surface area contributed by atoms with E-state index in [1.807, 2.05) is 0 Å². The second-order valence-corrected chi connectivity index (χ2v) is 9.85. The van der Waals surface area contributed by atoms with Gasteiger partial charge < -0.3 is 20.1 Å². The lowest BCUT2D eigenvalue weighted by Gasteiger charge is -2.72. The first-order valence-corrected chi connectivity index (χ1v) is 9.60. The molecule has 1 heterocycles. The fraction of sp³-hybridized carbons (Fsp3) is 0.850. The van der Waals surface area contributed by atoms with E-state index in [4.69, 9.17) is 4.74 Å². The molecule has 0 aromatic heterocycles. The molecular formula is C20H28O5. The standard InChI is InChI=1S/C20H28O5/c1-10-11-4-5-12-18-9-25-20(11,24)19(12,16(10)23)15(22)8-13(18)17(2,3)7-6-14(18)21/h11-15,21-22,24H,1,4-9H2,2-3H3/t11-,12-,13+,14-,15+,18-,19-,20+/m0/s1. The van der Waals surface area contributed by atoms with Crippen LogP contribution in [0.5, 0.6) is 0 Å². The quantitative estimate of drug-likeness (QED) is 0.576. The summed E-state index contributed by atoms with van der Waals surface area (Å²) in [7, 11) is 0. The maximum Gasteiger partial charge on any atom is 0.188 e. The molecule has 5 heteroatoms. The van der Waals surface area contributed by atoms with Gasteiger partial charge in [-0.3, -0.25) is 4.79 Å². The summed E-state index contributed by atoms with van der Waals surface area (Å²) >= 11 is 0. The molecule has 4 aliphatic carbocycles. The van der Waals surface area contributed by atoms with Gasteiger partial charge in [0.2, 0.25) is 0 Å². The molecule has 25 heavy (non-hydrogen) atoms. The zero-order valence-corrected chi connectivity index (χ0v) is 15.0. The Balaban J connectivity index is 1.78. The maximum atomic E-state index is 13.3. The van der Waals surface area contributed by atoms with Gasteiger partial charge in [-0.1, -0.05) is 20.4 Å². The molecule has 5 aliphatic rings. The number of Topliss-reactive ketones (excluding diaryl/α,β-unsaturated/α-hetero) is 1. The summed E-state index contributed by atoms with van der Waals surface area (Å²) in [5.74, 6) is -2.53. The van der Waals surface area contributed by atoms with Crippen molar-refractivity contribution in [3.8, 4) is 0 Å². The van der Waals surface area contributed by atoms with Crippen molar-refractivity contribution in [1.82, 2.24) is 0 Å². The van der Waals surface area contributed by atoms with Crippen LogP contribution in [-0.2, 0) is 9.53 Å². The van der Waals surface area contributed by atoms with Gasteiger partial charge in [-0.05, 0) is 54.9 Å². The Kier molecular flexibility index (Phi) is 2.88. The molecule has 138 valence electrons. The van der Waals surface area contributed by atoms with Crippen molar-refractivity contribution in [1.29, 1.82) is 0 Å². The summed E-state index contributed by atoms with van der Waals surface area (Å²) in [5.41, 5.74) is -1.57. The van der Waals surface area contributed by atoms with Gasteiger partial charge in [0.25, 0.3) is 0 Å². The second-order valence-electron chi connectivity index (χ2n) is 9.85. The lowest BCUT2D eigenvalue weighted by Crippen LogP contribution is -2.79. The summed E-state index contributed by atoms with van der Waals surface area (Å²) in [6.45, 7) is 8.59. The molecule has 5 fully saturated rings. The third kappa shape index (κ3) is 1.41. The number of aliphatic hydroxyl groups is 3. The van der Waals surface area contributed by atoms with E-state index in [-0.39, 0.29) is 29.6 Å². The molecule has 3 N–H and O–H groups in total. The minimum Gasteiger partial charge on any atom is -0.392 e. The van der Waals surface area contributed by atoms with Crippen LogP contribution in [0.4, 0.5) is 0 Å². The molecule has 4 saturated carbocycles. The first-order valence-electron chi connectivity index (χ1n) is 9.60. The van der Waals surface area contributed by atoms with Crippen LogP contribution in [0, 0.1) is 34.0 Å². The molecule has 0 amide bonds. The number of hydrogen-bond acceptors (Lipinski definition) is 5.